The van der Waals surface area contributed by atoms with Gasteiger partial charge >= 0.3 is 0 Å². The molecule has 0 spiro atoms. The molecular weight excluding hydrogens is 210 g/mol. The lowest BCUT2D eigenvalue weighted by Crippen LogP contribution is -2.10. The molecule has 1 N–H and O–H groups in total. The fraction of sp³-hybridized carbons (Fsp3) is 0.400. The van der Waals surface area contributed by atoms with Gasteiger partial charge in [-0.15, -0.1) is 0 Å². The number of aliphatic hydroxyl groups is 1. The Morgan fingerprint density at radius 2 is 2.06 bits per heavy atom. The van der Waals surface area contributed by atoms with Gasteiger partial charge in [0.15, 0.2) is 0 Å². The lowest BCUT2D eigenvalue weighted by molar-refractivity contribution is 0.142. The maximum atomic E-state index is 9.90. The zero-order valence-electron chi connectivity index (χ0n) is 9.84. The first-order valence-electron chi connectivity index (χ1n) is 6.35. The summed E-state index contributed by atoms with van der Waals surface area (Å²) in [5.41, 5.74) is 2.33. The molecule has 2 nitrogen and oxygen atoms in total. The summed E-state index contributed by atoms with van der Waals surface area (Å²) in [6, 6.07) is 10.3. The third-order valence-electron chi connectivity index (χ3n) is 3.59. The van der Waals surface area contributed by atoms with Gasteiger partial charge in [-0.05, 0) is 43.2 Å². The SMILES string of the molecule is OC(CCc1cccc2cccnc12)C1CC1. The van der Waals surface area contributed by atoms with Crippen LogP contribution in [-0.2, 0) is 6.42 Å². The number of para-hydroxylation sites is 1. The quantitative estimate of drug-likeness (QED) is 0.871. The Hall–Kier alpha value is -1.41. The zero-order chi connectivity index (χ0) is 11.7. The van der Waals surface area contributed by atoms with E-state index in [0.29, 0.717) is 5.92 Å². The van der Waals surface area contributed by atoms with Crippen molar-refractivity contribution < 1.29 is 5.11 Å². The summed E-state index contributed by atoms with van der Waals surface area (Å²) < 4.78 is 0. The molecule has 2 aromatic rings. The second kappa shape index (κ2) is 4.46. The number of aliphatic hydroxyl groups excluding tert-OH is 1. The molecule has 1 aliphatic carbocycles. The van der Waals surface area contributed by atoms with Crippen molar-refractivity contribution in [3.05, 3.63) is 42.1 Å². The average Bonchev–Trinajstić information content (AvgIpc) is 3.20. The van der Waals surface area contributed by atoms with Crippen LogP contribution in [0, 0.1) is 5.92 Å². The Kier molecular flexibility index (Phi) is 2.81. The highest BCUT2D eigenvalue weighted by atomic mass is 16.3. The van der Waals surface area contributed by atoms with Crippen molar-refractivity contribution in [3.8, 4) is 0 Å². The van der Waals surface area contributed by atoms with Crippen LogP contribution in [0.5, 0.6) is 0 Å². The second-order valence-electron chi connectivity index (χ2n) is 4.94. The van der Waals surface area contributed by atoms with Crippen molar-refractivity contribution in [3.63, 3.8) is 0 Å². The number of rotatable bonds is 4. The minimum atomic E-state index is -0.117. The molecule has 1 unspecified atom stereocenters. The lowest BCUT2D eigenvalue weighted by Gasteiger charge is -2.10. The van der Waals surface area contributed by atoms with Crippen LogP contribution in [-0.4, -0.2) is 16.2 Å². The Balaban J connectivity index is 1.79. The molecule has 1 aromatic carbocycles. The molecule has 1 aliphatic rings. The van der Waals surface area contributed by atoms with Crippen LogP contribution in [0.2, 0.25) is 0 Å². The van der Waals surface area contributed by atoms with Gasteiger partial charge in [-0.2, -0.15) is 0 Å². The maximum Gasteiger partial charge on any atom is 0.0733 e. The fourth-order valence-electron chi connectivity index (χ4n) is 2.39. The van der Waals surface area contributed by atoms with E-state index in [1.54, 1.807) is 0 Å². The molecule has 2 heteroatoms. The molecule has 0 aliphatic heterocycles. The molecule has 1 atom stereocenters. The van der Waals surface area contributed by atoms with E-state index in [4.69, 9.17) is 0 Å². The topological polar surface area (TPSA) is 33.1 Å². The number of hydrogen-bond donors (Lipinski definition) is 1. The summed E-state index contributed by atoms with van der Waals surface area (Å²) in [5, 5.41) is 11.1. The van der Waals surface area contributed by atoms with Crippen LogP contribution >= 0.6 is 0 Å². The van der Waals surface area contributed by atoms with Gasteiger partial charge in [-0.25, -0.2) is 0 Å². The monoisotopic (exact) mass is 227 g/mol. The zero-order valence-corrected chi connectivity index (χ0v) is 9.84. The Labute approximate surface area is 101 Å². The molecule has 1 saturated carbocycles. The molecule has 1 aromatic heterocycles. The first-order chi connectivity index (χ1) is 8.34. The van der Waals surface area contributed by atoms with Gasteiger partial charge in [0.25, 0.3) is 0 Å². The van der Waals surface area contributed by atoms with E-state index < -0.39 is 0 Å². The van der Waals surface area contributed by atoms with E-state index in [-0.39, 0.29) is 6.10 Å². The number of aromatic nitrogens is 1. The van der Waals surface area contributed by atoms with Gasteiger partial charge < -0.3 is 5.11 Å². The average molecular weight is 227 g/mol. The largest absolute Gasteiger partial charge is 0.393 e. The minimum absolute atomic E-state index is 0.117. The summed E-state index contributed by atoms with van der Waals surface area (Å²) in [4.78, 5) is 4.44. The number of fused-ring (bicyclic) bond motifs is 1. The number of aryl methyl sites for hydroxylation is 1. The summed E-state index contributed by atoms with van der Waals surface area (Å²) in [5.74, 6) is 0.568. The van der Waals surface area contributed by atoms with Crippen molar-refractivity contribution in [2.24, 2.45) is 5.92 Å². The van der Waals surface area contributed by atoms with Crippen molar-refractivity contribution in [2.75, 3.05) is 0 Å². The summed E-state index contributed by atoms with van der Waals surface area (Å²) in [7, 11) is 0. The minimum Gasteiger partial charge on any atom is -0.393 e. The predicted molar refractivity (Wildman–Crippen MR) is 68.8 cm³/mol. The first kappa shape index (κ1) is 10.7. The molecule has 0 bridgehead atoms. The molecular formula is C15H17NO. The van der Waals surface area contributed by atoms with Gasteiger partial charge in [-0.1, -0.05) is 24.3 Å². The fourth-order valence-corrected chi connectivity index (χ4v) is 2.39. The maximum absolute atomic E-state index is 9.90. The second-order valence-corrected chi connectivity index (χ2v) is 4.94. The Morgan fingerprint density at radius 1 is 1.24 bits per heavy atom. The molecule has 0 radical (unpaired) electrons. The molecule has 17 heavy (non-hydrogen) atoms. The van der Waals surface area contributed by atoms with Crippen LogP contribution < -0.4 is 0 Å². The number of nitrogens with zero attached hydrogens (tertiary/aromatic N) is 1. The summed E-state index contributed by atoms with van der Waals surface area (Å²) in [6.45, 7) is 0. The van der Waals surface area contributed by atoms with E-state index >= 15 is 0 Å². The highest BCUT2D eigenvalue weighted by Gasteiger charge is 2.29. The summed E-state index contributed by atoms with van der Waals surface area (Å²) >= 11 is 0. The van der Waals surface area contributed by atoms with Crippen LogP contribution in [0.25, 0.3) is 10.9 Å². The van der Waals surface area contributed by atoms with Gasteiger partial charge in [0.1, 0.15) is 0 Å². The Bertz CT molecular complexity index is 514. The van der Waals surface area contributed by atoms with E-state index in [9.17, 15) is 5.11 Å². The normalized spacial score (nSPS) is 17.2. The molecule has 0 saturated heterocycles. The Morgan fingerprint density at radius 3 is 2.88 bits per heavy atom. The first-order valence-corrected chi connectivity index (χ1v) is 6.35. The van der Waals surface area contributed by atoms with Crippen LogP contribution in [0.15, 0.2) is 36.5 Å². The standard InChI is InChI=1S/C15H17NO/c17-14(11-6-7-11)9-8-13-4-1-3-12-5-2-10-16-15(12)13/h1-5,10-11,14,17H,6-9H2. The smallest absolute Gasteiger partial charge is 0.0733 e. The van der Waals surface area contributed by atoms with E-state index in [0.717, 1.165) is 18.4 Å². The highest BCUT2D eigenvalue weighted by molar-refractivity contribution is 5.81. The third-order valence-corrected chi connectivity index (χ3v) is 3.59. The molecule has 0 amide bonds. The van der Waals surface area contributed by atoms with Crippen molar-refractivity contribution in [1.82, 2.24) is 4.98 Å². The van der Waals surface area contributed by atoms with E-state index in [1.165, 1.54) is 23.8 Å². The van der Waals surface area contributed by atoms with Crippen LogP contribution in [0.4, 0.5) is 0 Å². The predicted octanol–water partition coefficient (Wildman–Crippen LogP) is 2.94. The van der Waals surface area contributed by atoms with Crippen molar-refractivity contribution in [2.45, 2.75) is 31.8 Å². The van der Waals surface area contributed by atoms with Crippen LogP contribution in [0.1, 0.15) is 24.8 Å². The summed E-state index contributed by atoms with van der Waals surface area (Å²) in [6.07, 6.45) is 5.91. The van der Waals surface area contributed by atoms with Gasteiger partial charge in [-0.3, -0.25) is 4.98 Å². The number of benzene rings is 1. The molecule has 3 rings (SSSR count). The van der Waals surface area contributed by atoms with Gasteiger partial charge in [0.05, 0.1) is 11.6 Å². The van der Waals surface area contributed by atoms with E-state index in [1.807, 2.05) is 12.3 Å². The number of pyridine rings is 1. The van der Waals surface area contributed by atoms with Crippen LogP contribution in [0.3, 0.4) is 0 Å². The highest BCUT2D eigenvalue weighted by Crippen LogP contribution is 2.34. The van der Waals surface area contributed by atoms with Crippen molar-refractivity contribution >= 4 is 10.9 Å². The lowest BCUT2D eigenvalue weighted by atomic mass is 10.0. The van der Waals surface area contributed by atoms with Gasteiger partial charge in [0.2, 0.25) is 0 Å². The third kappa shape index (κ3) is 2.32. The van der Waals surface area contributed by atoms with Gasteiger partial charge in [0, 0.05) is 11.6 Å². The molecule has 1 heterocycles. The molecule has 1 fully saturated rings. The number of hydrogen-bond acceptors (Lipinski definition) is 2. The molecule has 88 valence electrons. The van der Waals surface area contributed by atoms with E-state index in [2.05, 4.69) is 29.2 Å². The van der Waals surface area contributed by atoms with Crippen molar-refractivity contribution in [1.29, 1.82) is 0 Å².